The van der Waals surface area contributed by atoms with E-state index < -0.39 is 0 Å². The zero-order valence-electron chi connectivity index (χ0n) is 9.52. The van der Waals surface area contributed by atoms with Crippen LogP contribution in [0, 0.1) is 0 Å². The minimum Gasteiger partial charge on any atom is -0.312 e. The van der Waals surface area contributed by atoms with Gasteiger partial charge in [-0.15, -0.1) is 0 Å². The zero-order chi connectivity index (χ0) is 10.3. The summed E-state index contributed by atoms with van der Waals surface area (Å²) in [5.41, 5.74) is 4.27. The van der Waals surface area contributed by atoms with Crippen LogP contribution in [0.15, 0.2) is 0 Å². The van der Waals surface area contributed by atoms with Crippen molar-refractivity contribution in [3.05, 3.63) is 17.0 Å². The monoisotopic (exact) mass is 193 g/mol. The molecule has 0 spiro atoms. The van der Waals surface area contributed by atoms with Crippen LogP contribution in [-0.2, 0) is 25.4 Å². The molecule has 0 bridgehead atoms. The van der Waals surface area contributed by atoms with Gasteiger partial charge in [-0.2, -0.15) is 5.10 Å². The fourth-order valence-electron chi connectivity index (χ4n) is 2.37. The highest BCUT2D eigenvalue weighted by Gasteiger charge is 2.26. The fourth-order valence-corrected chi connectivity index (χ4v) is 2.37. The predicted octanol–water partition coefficient (Wildman–Crippen LogP) is 1.36. The molecule has 1 N–H and O–H groups in total. The predicted molar refractivity (Wildman–Crippen MR) is 57.3 cm³/mol. The minimum absolute atomic E-state index is 0.189. The molecular weight excluding hydrogens is 174 g/mol. The molecule has 0 saturated carbocycles. The molecule has 1 aromatic rings. The number of aromatic nitrogens is 2. The Morgan fingerprint density at radius 2 is 2.07 bits per heavy atom. The number of nitrogens with one attached hydrogen (secondary N) is 1. The standard InChI is InChI=1S/C11H19N3/c1-11(2,3)10-8-7-12-6-5-9(8)13-14(10)4/h12H,5-7H2,1-4H3. The molecular formula is C11H19N3. The quantitative estimate of drug-likeness (QED) is 0.674. The second-order valence-corrected chi connectivity index (χ2v) is 5.07. The molecule has 0 aliphatic carbocycles. The van der Waals surface area contributed by atoms with E-state index in [1.807, 2.05) is 0 Å². The summed E-state index contributed by atoms with van der Waals surface area (Å²) in [6, 6.07) is 0. The second-order valence-electron chi connectivity index (χ2n) is 5.07. The topological polar surface area (TPSA) is 29.9 Å². The first-order valence-corrected chi connectivity index (χ1v) is 5.26. The van der Waals surface area contributed by atoms with E-state index >= 15 is 0 Å². The number of fused-ring (bicyclic) bond motifs is 1. The van der Waals surface area contributed by atoms with Crippen LogP contribution in [-0.4, -0.2) is 16.3 Å². The van der Waals surface area contributed by atoms with Crippen molar-refractivity contribution < 1.29 is 0 Å². The molecule has 0 fully saturated rings. The molecule has 3 heteroatoms. The average Bonchev–Trinajstić information content (AvgIpc) is 2.38. The third-order valence-corrected chi connectivity index (χ3v) is 2.78. The molecule has 1 aliphatic rings. The Balaban J connectivity index is 2.53. The van der Waals surface area contributed by atoms with E-state index in [-0.39, 0.29) is 5.41 Å². The summed E-state index contributed by atoms with van der Waals surface area (Å²) in [4.78, 5) is 0. The second kappa shape index (κ2) is 3.09. The highest BCUT2D eigenvalue weighted by molar-refractivity contribution is 5.32. The normalized spacial score (nSPS) is 16.9. The van der Waals surface area contributed by atoms with Crippen molar-refractivity contribution in [3.8, 4) is 0 Å². The Morgan fingerprint density at radius 3 is 2.71 bits per heavy atom. The summed E-state index contributed by atoms with van der Waals surface area (Å²) in [5.74, 6) is 0. The lowest BCUT2D eigenvalue weighted by Crippen LogP contribution is -2.26. The Hall–Kier alpha value is -0.830. The van der Waals surface area contributed by atoms with Gasteiger partial charge in [0.2, 0.25) is 0 Å². The maximum Gasteiger partial charge on any atom is 0.0685 e. The van der Waals surface area contributed by atoms with E-state index in [0.717, 1.165) is 19.5 Å². The van der Waals surface area contributed by atoms with Gasteiger partial charge in [0.05, 0.1) is 5.69 Å². The van der Waals surface area contributed by atoms with Crippen molar-refractivity contribution in [2.24, 2.45) is 7.05 Å². The summed E-state index contributed by atoms with van der Waals surface area (Å²) < 4.78 is 2.05. The maximum atomic E-state index is 4.59. The van der Waals surface area contributed by atoms with Crippen LogP contribution in [0.25, 0.3) is 0 Å². The molecule has 0 aromatic carbocycles. The van der Waals surface area contributed by atoms with E-state index in [1.165, 1.54) is 17.0 Å². The first kappa shape index (κ1) is 9.71. The van der Waals surface area contributed by atoms with Crippen LogP contribution in [0.5, 0.6) is 0 Å². The largest absolute Gasteiger partial charge is 0.312 e. The van der Waals surface area contributed by atoms with Gasteiger partial charge in [-0.3, -0.25) is 4.68 Å². The first-order valence-electron chi connectivity index (χ1n) is 5.26. The Labute approximate surface area is 85.5 Å². The number of aryl methyl sites for hydroxylation is 1. The van der Waals surface area contributed by atoms with E-state index in [9.17, 15) is 0 Å². The number of hydrogen-bond donors (Lipinski definition) is 1. The van der Waals surface area contributed by atoms with Crippen LogP contribution in [0.4, 0.5) is 0 Å². The molecule has 3 nitrogen and oxygen atoms in total. The van der Waals surface area contributed by atoms with Gasteiger partial charge in [0.25, 0.3) is 0 Å². The van der Waals surface area contributed by atoms with Crippen LogP contribution >= 0.6 is 0 Å². The molecule has 14 heavy (non-hydrogen) atoms. The summed E-state index contributed by atoms with van der Waals surface area (Å²) in [6.45, 7) is 8.79. The summed E-state index contributed by atoms with van der Waals surface area (Å²) in [6.07, 6.45) is 1.07. The molecule has 1 aromatic heterocycles. The smallest absolute Gasteiger partial charge is 0.0685 e. The number of hydrogen-bond acceptors (Lipinski definition) is 2. The zero-order valence-corrected chi connectivity index (χ0v) is 9.52. The van der Waals surface area contributed by atoms with Crippen LogP contribution in [0.3, 0.4) is 0 Å². The Bertz CT molecular complexity index is 344. The van der Waals surface area contributed by atoms with Crippen molar-refractivity contribution in [1.29, 1.82) is 0 Å². The number of rotatable bonds is 0. The van der Waals surface area contributed by atoms with Gasteiger partial charge < -0.3 is 5.32 Å². The first-order chi connectivity index (χ1) is 6.50. The van der Waals surface area contributed by atoms with Crippen molar-refractivity contribution in [2.75, 3.05) is 6.54 Å². The van der Waals surface area contributed by atoms with Crippen LogP contribution in [0.1, 0.15) is 37.7 Å². The van der Waals surface area contributed by atoms with Gasteiger partial charge in [0, 0.05) is 43.2 Å². The minimum atomic E-state index is 0.189. The molecule has 2 heterocycles. The van der Waals surface area contributed by atoms with Crippen molar-refractivity contribution in [2.45, 2.75) is 39.2 Å². The van der Waals surface area contributed by atoms with Crippen LogP contribution < -0.4 is 5.32 Å². The summed E-state index contributed by atoms with van der Waals surface area (Å²) in [7, 11) is 2.05. The SMILES string of the molecule is Cn1nc2c(c1C(C)(C)C)CNCC2. The highest BCUT2D eigenvalue weighted by Crippen LogP contribution is 2.28. The van der Waals surface area contributed by atoms with Crippen molar-refractivity contribution in [3.63, 3.8) is 0 Å². The Morgan fingerprint density at radius 1 is 1.36 bits per heavy atom. The van der Waals surface area contributed by atoms with Gasteiger partial charge in [-0.05, 0) is 0 Å². The van der Waals surface area contributed by atoms with Crippen molar-refractivity contribution >= 4 is 0 Å². The highest BCUT2D eigenvalue weighted by atomic mass is 15.3. The number of nitrogens with zero attached hydrogens (tertiary/aromatic N) is 2. The molecule has 2 rings (SSSR count). The molecule has 0 amide bonds. The fraction of sp³-hybridized carbons (Fsp3) is 0.727. The lowest BCUT2D eigenvalue weighted by molar-refractivity contribution is 0.515. The molecule has 1 aliphatic heterocycles. The molecule has 78 valence electrons. The average molecular weight is 193 g/mol. The lowest BCUT2D eigenvalue weighted by Gasteiger charge is -2.22. The lowest BCUT2D eigenvalue weighted by atomic mass is 9.87. The van der Waals surface area contributed by atoms with E-state index in [0.29, 0.717) is 0 Å². The third-order valence-electron chi connectivity index (χ3n) is 2.78. The van der Waals surface area contributed by atoms with E-state index in [2.05, 4.69) is 42.9 Å². The van der Waals surface area contributed by atoms with Gasteiger partial charge in [-0.25, -0.2) is 0 Å². The van der Waals surface area contributed by atoms with Crippen molar-refractivity contribution in [1.82, 2.24) is 15.1 Å². The van der Waals surface area contributed by atoms with Gasteiger partial charge >= 0.3 is 0 Å². The van der Waals surface area contributed by atoms with Gasteiger partial charge in [-0.1, -0.05) is 20.8 Å². The van der Waals surface area contributed by atoms with Gasteiger partial charge in [0.1, 0.15) is 0 Å². The molecule has 0 atom stereocenters. The maximum absolute atomic E-state index is 4.59. The third kappa shape index (κ3) is 1.46. The van der Waals surface area contributed by atoms with E-state index in [1.54, 1.807) is 0 Å². The summed E-state index contributed by atoms with van der Waals surface area (Å²) in [5, 5.41) is 8.01. The van der Waals surface area contributed by atoms with Gasteiger partial charge in [0.15, 0.2) is 0 Å². The molecule has 0 radical (unpaired) electrons. The van der Waals surface area contributed by atoms with Crippen LogP contribution in [0.2, 0.25) is 0 Å². The Kier molecular flexibility index (Phi) is 2.14. The summed E-state index contributed by atoms with van der Waals surface area (Å²) >= 11 is 0. The van der Waals surface area contributed by atoms with E-state index in [4.69, 9.17) is 0 Å². The molecule has 0 unspecified atom stereocenters. The molecule has 0 saturated heterocycles.